The number of sulfone groups is 1. The van der Waals surface area contributed by atoms with Crippen LogP contribution in [0.4, 0.5) is 5.00 Å². The molecule has 0 radical (unpaired) electrons. The lowest BCUT2D eigenvalue weighted by atomic mass is 10.3. The molecule has 6 nitrogen and oxygen atoms in total. The van der Waals surface area contributed by atoms with E-state index in [4.69, 9.17) is 0 Å². The summed E-state index contributed by atoms with van der Waals surface area (Å²) >= 11 is 3.03. The minimum Gasteiger partial charge on any atom is -0.374 e. The van der Waals surface area contributed by atoms with Crippen molar-refractivity contribution in [1.82, 2.24) is 14.5 Å². The van der Waals surface area contributed by atoms with Crippen LogP contribution < -0.4 is 5.32 Å². The molecule has 1 atom stereocenters. The maximum Gasteiger partial charge on any atom is 0.164 e. The van der Waals surface area contributed by atoms with Gasteiger partial charge in [-0.3, -0.25) is 4.90 Å². The molecule has 0 aromatic carbocycles. The van der Waals surface area contributed by atoms with Crippen LogP contribution in [0.15, 0.2) is 0 Å². The highest BCUT2D eigenvalue weighted by Gasteiger charge is 2.31. The summed E-state index contributed by atoms with van der Waals surface area (Å²) in [4.78, 5) is 2.00. The molecule has 1 N–H and O–H groups in total. The Balaban J connectivity index is 2.09. The summed E-state index contributed by atoms with van der Waals surface area (Å²) in [7, 11) is -3.07. The van der Waals surface area contributed by atoms with Gasteiger partial charge in [0.2, 0.25) is 0 Å². The summed E-state index contributed by atoms with van der Waals surface area (Å²) in [5.41, 5.74) is 0.851. The SMILES string of the molecule is CCCNc1snnc1CN1CCSCC1S(C)(=O)=O. The number of nitrogens with zero attached hydrogens (tertiary/aromatic N) is 3. The van der Waals surface area contributed by atoms with E-state index < -0.39 is 15.2 Å². The molecule has 2 heterocycles. The number of nitrogens with one attached hydrogen (secondary N) is 1. The Bertz CT molecular complexity index is 532. The molecule has 1 aliphatic rings. The van der Waals surface area contributed by atoms with E-state index in [0.717, 1.165) is 36.0 Å². The topological polar surface area (TPSA) is 75.2 Å². The molecule has 0 aliphatic carbocycles. The van der Waals surface area contributed by atoms with Crippen molar-refractivity contribution in [2.24, 2.45) is 0 Å². The van der Waals surface area contributed by atoms with Crippen LogP contribution in [0.5, 0.6) is 0 Å². The van der Waals surface area contributed by atoms with Crippen LogP contribution in [-0.4, -0.2) is 59.1 Å². The molecule has 0 spiro atoms. The van der Waals surface area contributed by atoms with Crippen molar-refractivity contribution in [2.75, 3.05) is 36.2 Å². The predicted molar refractivity (Wildman–Crippen MR) is 85.1 cm³/mol. The minimum absolute atomic E-state index is 0.415. The van der Waals surface area contributed by atoms with Gasteiger partial charge in [-0.1, -0.05) is 11.4 Å². The normalized spacial score (nSPS) is 21.0. The molecule has 20 heavy (non-hydrogen) atoms. The second-order valence-corrected chi connectivity index (χ2v) is 8.91. The molecule has 1 aromatic heterocycles. The van der Waals surface area contributed by atoms with Crippen LogP contribution in [0.3, 0.4) is 0 Å². The fraction of sp³-hybridized carbons (Fsp3) is 0.818. The molecule has 1 fully saturated rings. The van der Waals surface area contributed by atoms with Crippen molar-refractivity contribution in [2.45, 2.75) is 25.3 Å². The fourth-order valence-electron chi connectivity index (χ4n) is 2.07. The Kier molecular flexibility index (Phi) is 5.65. The molecule has 0 saturated carbocycles. The smallest absolute Gasteiger partial charge is 0.164 e. The van der Waals surface area contributed by atoms with E-state index in [0.29, 0.717) is 12.3 Å². The Hall–Kier alpha value is -0.380. The minimum atomic E-state index is -3.07. The van der Waals surface area contributed by atoms with Gasteiger partial charge in [-0.25, -0.2) is 8.42 Å². The quantitative estimate of drug-likeness (QED) is 0.838. The average Bonchev–Trinajstić information content (AvgIpc) is 2.83. The first-order chi connectivity index (χ1) is 9.52. The van der Waals surface area contributed by atoms with Gasteiger partial charge in [0, 0.05) is 48.9 Å². The fourth-order valence-corrected chi connectivity index (χ4v) is 5.61. The third-order valence-electron chi connectivity index (χ3n) is 3.13. The maximum atomic E-state index is 11.9. The molecule has 9 heteroatoms. The Morgan fingerprint density at radius 2 is 2.30 bits per heavy atom. The Morgan fingerprint density at radius 1 is 1.50 bits per heavy atom. The second kappa shape index (κ2) is 7.06. The van der Waals surface area contributed by atoms with E-state index in [1.807, 2.05) is 4.90 Å². The lowest BCUT2D eigenvalue weighted by Crippen LogP contribution is -2.46. The van der Waals surface area contributed by atoms with Crippen molar-refractivity contribution < 1.29 is 8.42 Å². The van der Waals surface area contributed by atoms with E-state index in [9.17, 15) is 8.42 Å². The third kappa shape index (κ3) is 4.06. The molecule has 1 aliphatic heterocycles. The van der Waals surface area contributed by atoms with Gasteiger partial charge < -0.3 is 5.32 Å². The van der Waals surface area contributed by atoms with Crippen LogP contribution in [0.2, 0.25) is 0 Å². The second-order valence-electron chi connectivity index (χ2n) is 4.81. The summed E-state index contributed by atoms with van der Waals surface area (Å²) in [5.74, 6) is 1.59. The summed E-state index contributed by atoms with van der Waals surface area (Å²) in [6.07, 6.45) is 2.34. The highest BCUT2D eigenvalue weighted by Crippen LogP contribution is 2.25. The van der Waals surface area contributed by atoms with E-state index >= 15 is 0 Å². The van der Waals surface area contributed by atoms with Crippen molar-refractivity contribution in [3.05, 3.63) is 5.69 Å². The van der Waals surface area contributed by atoms with E-state index in [1.54, 1.807) is 11.8 Å². The zero-order chi connectivity index (χ0) is 14.6. The first-order valence-electron chi connectivity index (χ1n) is 6.58. The van der Waals surface area contributed by atoms with Gasteiger partial charge in [0.05, 0.1) is 0 Å². The molecule has 0 amide bonds. The molecular weight excluding hydrogens is 316 g/mol. The Morgan fingerprint density at radius 3 is 3.00 bits per heavy atom. The summed E-state index contributed by atoms with van der Waals surface area (Å²) < 4.78 is 27.7. The van der Waals surface area contributed by atoms with Gasteiger partial charge in [-0.2, -0.15) is 11.8 Å². The first kappa shape index (κ1) is 16.0. The highest BCUT2D eigenvalue weighted by molar-refractivity contribution is 8.00. The van der Waals surface area contributed by atoms with Crippen LogP contribution in [0.1, 0.15) is 19.0 Å². The number of hydrogen-bond donors (Lipinski definition) is 1. The van der Waals surface area contributed by atoms with Gasteiger partial charge in [0.1, 0.15) is 16.1 Å². The zero-order valence-corrected chi connectivity index (χ0v) is 14.2. The molecule has 1 unspecified atom stereocenters. The van der Waals surface area contributed by atoms with E-state index in [-0.39, 0.29) is 0 Å². The molecule has 0 bridgehead atoms. The van der Waals surface area contributed by atoms with E-state index in [1.165, 1.54) is 17.8 Å². The summed E-state index contributed by atoms with van der Waals surface area (Å²) in [5, 5.41) is 7.98. The predicted octanol–water partition coefficient (Wildman–Crippen LogP) is 1.28. The molecule has 2 rings (SSSR count). The third-order valence-corrected chi connectivity index (χ3v) is 6.54. The number of aromatic nitrogens is 2. The van der Waals surface area contributed by atoms with Crippen LogP contribution in [0, 0.1) is 0 Å². The lowest BCUT2D eigenvalue weighted by molar-refractivity contribution is 0.259. The summed E-state index contributed by atoms with van der Waals surface area (Å²) in [6, 6.07) is 0. The molecule has 114 valence electrons. The van der Waals surface area contributed by atoms with Gasteiger partial charge >= 0.3 is 0 Å². The van der Waals surface area contributed by atoms with Crippen LogP contribution in [-0.2, 0) is 16.4 Å². The zero-order valence-electron chi connectivity index (χ0n) is 11.7. The van der Waals surface area contributed by atoms with Gasteiger partial charge in [-0.15, -0.1) is 5.10 Å². The standard InChI is InChI=1S/C11H20N4O2S3/c1-3-4-12-11-9(13-14-19-11)7-15-5-6-18-8-10(15)20(2,16)17/h10,12H,3-8H2,1-2H3. The van der Waals surface area contributed by atoms with Gasteiger partial charge in [-0.05, 0) is 6.42 Å². The average molecular weight is 337 g/mol. The number of anilines is 1. The van der Waals surface area contributed by atoms with Gasteiger partial charge in [0.15, 0.2) is 9.84 Å². The van der Waals surface area contributed by atoms with Crippen molar-refractivity contribution in [3.63, 3.8) is 0 Å². The van der Waals surface area contributed by atoms with Crippen molar-refractivity contribution in [3.8, 4) is 0 Å². The Labute approximate surface area is 128 Å². The van der Waals surface area contributed by atoms with E-state index in [2.05, 4.69) is 21.8 Å². The molecular formula is C11H20N4O2S3. The maximum absolute atomic E-state index is 11.9. The van der Waals surface area contributed by atoms with Gasteiger partial charge in [0.25, 0.3) is 0 Å². The molecule has 1 aromatic rings. The molecule has 1 saturated heterocycles. The number of thioether (sulfide) groups is 1. The summed E-state index contributed by atoms with van der Waals surface area (Å²) in [6.45, 7) is 4.29. The lowest BCUT2D eigenvalue weighted by Gasteiger charge is -2.33. The first-order valence-corrected chi connectivity index (χ1v) is 10.5. The van der Waals surface area contributed by atoms with Crippen LogP contribution in [0.25, 0.3) is 0 Å². The number of rotatable bonds is 6. The van der Waals surface area contributed by atoms with Crippen molar-refractivity contribution >= 4 is 38.1 Å². The van der Waals surface area contributed by atoms with Crippen molar-refractivity contribution in [1.29, 1.82) is 0 Å². The number of hydrogen-bond acceptors (Lipinski definition) is 8. The highest BCUT2D eigenvalue weighted by atomic mass is 32.2. The largest absolute Gasteiger partial charge is 0.374 e. The van der Waals surface area contributed by atoms with Crippen LogP contribution >= 0.6 is 23.3 Å². The monoisotopic (exact) mass is 336 g/mol.